The van der Waals surface area contributed by atoms with E-state index in [9.17, 15) is 27.7 Å². The molecule has 9 nitrogen and oxygen atoms in total. The van der Waals surface area contributed by atoms with Crippen molar-refractivity contribution in [3.63, 3.8) is 0 Å². The third-order valence-corrected chi connectivity index (χ3v) is 5.63. The molecule has 3 aromatic carbocycles. The lowest BCUT2D eigenvalue weighted by Crippen LogP contribution is -2.16. The fourth-order valence-electron chi connectivity index (χ4n) is 2.67. The van der Waals surface area contributed by atoms with E-state index in [0.29, 0.717) is 0 Å². The summed E-state index contributed by atoms with van der Waals surface area (Å²) in [5.74, 6) is -1.65. The molecule has 0 saturated heterocycles. The van der Waals surface area contributed by atoms with Gasteiger partial charge in [-0.1, -0.05) is 24.3 Å². The second-order valence-corrected chi connectivity index (χ2v) is 8.08. The molecule has 0 aromatic heterocycles. The molecule has 0 atom stereocenters. The summed E-state index contributed by atoms with van der Waals surface area (Å²) in [6, 6.07) is 15.5. The molecule has 0 aliphatic heterocycles. The lowest BCUT2D eigenvalue weighted by molar-refractivity contribution is -0.385. The minimum Gasteiger partial charge on any atom is -0.457 e. The first-order valence-electron chi connectivity index (χ1n) is 8.93. The van der Waals surface area contributed by atoms with Crippen molar-refractivity contribution in [3.05, 3.63) is 99.4 Å². The van der Waals surface area contributed by atoms with Gasteiger partial charge in [-0.15, -0.1) is 0 Å². The van der Waals surface area contributed by atoms with Gasteiger partial charge >= 0.3 is 5.97 Å². The van der Waals surface area contributed by atoms with E-state index in [1.807, 2.05) is 0 Å². The summed E-state index contributed by atoms with van der Waals surface area (Å²) < 4.78 is 46.6. The van der Waals surface area contributed by atoms with Gasteiger partial charge in [0.25, 0.3) is 15.7 Å². The van der Waals surface area contributed by atoms with Gasteiger partial charge in [-0.25, -0.2) is 17.6 Å². The topological polar surface area (TPSA) is 139 Å². The Labute approximate surface area is 181 Å². The maximum absolute atomic E-state index is 14.0. The summed E-state index contributed by atoms with van der Waals surface area (Å²) in [6.45, 7) is -0.442. The van der Waals surface area contributed by atoms with E-state index < -0.39 is 39.0 Å². The van der Waals surface area contributed by atoms with Crippen LogP contribution in [0.25, 0.3) is 0 Å². The average Bonchev–Trinajstić information content (AvgIpc) is 2.78. The van der Waals surface area contributed by atoms with Crippen LogP contribution in [0, 0.1) is 27.3 Å². The molecule has 1 N–H and O–H groups in total. The molecule has 0 saturated carbocycles. The van der Waals surface area contributed by atoms with E-state index in [0.717, 1.165) is 18.2 Å². The van der Waals surface area contributed by atoms with Crippen LogP contribution < -0.4 is 4.72 Å². The maximum atomic E-state index is 14.0. The molecular formula is C21H14FN3O6S. The Kier molecular flexibility index (Phi) is 6.46. The van der Waals surface area contributed by atoms with Crippen LogP contribution in [-0.2, 0) is 21.4 Å². The fraction of sp³-hybridized carbons (Fsp3) is 0.0476. The summed E-state index contributed by atoms with van der Waals surface area (Å²) in [7, 11) is -4.26. The quantitative estimate of drug-likeness (QED) is 0.325. The number of ether oxygens (including phenoxy) is 1. The van der Waals surface area contributed by atoms with Gasteiger partial charge in [-0.2, -0.15) is 5.26 Å². The first-order chi connectivity index (χ1) is 15.2. The Morgan fingerprint density at radius 3 is 2.56 bits per heavy atom. The van der Waals surface area contributed by atoms with Gasteiger partial charge in [0.1, 0.15) is 12.4 Å². The van der Waals surface area contributed by atoms with Gasteiger partial charge in [0, 0.05) is 17.7 Å². The van der Waals surface area contributed by atoms with Crippen molar-refractivity contribution in [1.82, 2.24) is 0 Å². The van der Waals surface area contributed by atoms with Gasteiger partial charge in [-0.05, 0) is 30.3 Å². The monoisotopic (exact) mass is 455 g/mol. The smallest absolute Gasteiger partial charge is 0.340 e. The Bertz CT molecular complexity index is 1350. The molecule has 0 heterocycles. The minimum absolute atomic E-state index is 0.0343. The van der Waals surface area contributed by atoms with E-state index >= 15 is 0 Å². The lowest BCUT2D eigenvalue weighted by atomic mass is 10.1. The Balaban J connectivity index is 1.81. The molecular weight excluding hydrogens is 441 g/mol. The highest BCUT2D eigenvalue weighted by molar-refractivity contribution is 7.92. The van der Waals surface area contributed by atoms with E-state index in [1.165, 1.54) is 48.5 Å². The van der Waals surface area contributed by atoms with Crippen molar-refractivity contribution in [2.24, 2.45) is 0 Å². The Morgan fingerprint density at radius 2 is 1.88 bits per heavy atom. The number of hydrogen-bond acceptors (Lipinski definition) is 7. The molecule has 0 aliphatic rings. The van der Waals surface area contributed by atoms with E-state index in [4.69, 9.17) is 10.00 Å². The van der Waals surface area contributed by atoms with Gasteiger partial charge in [0.2, 0.25) is 0 Å². The fourth-order valence-corrected chi connectivity index (χ4v) is 3.79. The Hall–Kier alpha value is -4.30. The standard InChI is InChI=1S/C21H14FN3O6S/c22-19-10-14(12-23)8-9-15(19)13-31-21(26)18-6-1-2-7-20(18)24-32(29,30)17-5-3-4-16(11-17)25(27)28/h1-11,24H,13H2. The zero-order valence-electron chi connectivity index (χ0n) is 16.2. The van der Waals surface area contributed by atoms with Crippen molar-refractivity contribution in [2.75, 3.05) is 4.72 Å². The molecule has 32 heavy (non-hydrogen) atoms. The van der Waals surface area contributed by atoms with Crippen molar-refractivity contribution in [2.45, 2.75) is 11.5 Å². The maximum Gasteiger partial charge on any atom is 0.340 e. The number of carbonyl (C=O) groups is 1. The molecule has 162 valence electrons. The van der Waals surface area contributed by atoms with Crippen LogP contribution in [0.15, 0.2) is 71.6 Å². The first kappa shape index (κ1) is 22.4. The predicted octanol–water partition coefficient (Wildman–Crippen LogP) is 3.76. The molecule has 3 rings (SSSR count). The first-order valence-corrected chi connectivity index (χ1v) is 10.4. The highest BCUT2D eigenvalue weighted by Crippen LogP contribution is 2.24. The number of benzene rings is 3. The van der Waals surface area contributed by atoms with Crippen molar-refractivity contribution < 1.29 is 27.3 Å². The van der Waals surface area contributed by atoms with Crippen LogP contribution in [0.2, 0.25) is 0 Å². The minimum atomic E-state index is -4.26. The molecule has 0 bridgehead atoms. The molecule has 11 heteroatoms. The normalized spacial score (nSPS) is 10.8. The number of esters is 1. The van der Waals surface area contributed by atoms with E-state index in [2.05, 4.69) is 4.72 Å². The molecule has 0 radical (unpaired) electrons. The number of nitro groups is 1. The second kappa shape index (κ2) is 9.23. The van der Waals surface area contributed by atoms with E-state index in [1.54, 1.807) is 6.07 Å². The number of rotatable bonds is 7. The summed E-state index contributed by atoms with van der Waals surface area (Å²) in [5.41, 5.74) is -0.532. The summed E-state index contributed by atoms with van der Waals surface area (Å²) in [5, 5.41) is 19.7. The number of nitro benzene ring substituents is 1. The van der Waals surface area contributed by atoms with Crippen LogP contribution in [0.3, 0.4) is 0 Å². The number of para-hydroxylation sites is 1. The third kappa shape index (κ3) is 5.05. The number of nitriles is 1. The highest BCUT2D eigenvalue weighted by atomic mass is 32.2. The van der Waals surface area contributed by atoms with Crippen LogP contribution in [-0.4, -0.2) is 19.3 Å². The number of halogens is 1. The molecule has 0 unspecified atom stereocenters. The van der Waals surface area contributed by atoms with Crippen LogP contribution >= 0.6 is 0 Å². The zero-order valence-corrected chi connectivity index (χ0v) is 17.0. The zero-order chi connectivity index (χ0) is 23.3. The van der Waals surface area contributed by atoms with Crippen molar-refractivity contribution in [3.8, 4) is 6.07 Å². The lowest BCUT2D eigenvalue weighted by Gasteiger charge is -2.12. The number of sulfonamides is 1. The summed E-state index contributed by atoms with van der Waals surface area (Å²) >= 11 is 0. The van der Waals surface area contributed by atoms with E-state index in [-0.39, 0.29) is 27.3 Å². The Morgan fingerprint density at radius 1 is 1.12 bits per heavy atom. The number of carbonyl (C=O) groups excluding carboxylic acids is 1. The van der Waals surface area contributed by atoms with Gasteiger partial charge < -0.3 is 4.74 Å². The molecule has 0 amide bonds. The molecule has 0 fully saturated rings. The molecule has 0 spiro atoms. The van der Waals surface area contributed by atoms with Crippen molar-refractivity contribution >= 4 is 27.4 Å². The second-order valence-electron chi connectivity index (χ2n) is 6.40. The van der Waals surface area contributed by atoms with Crippen LogP contribution in [0.1, 0.15) is 21.5 Å². The number of hydrogen-bond donors (Lipinski definition) is 1. The summed E-state index contributed by atoms with van der Waals surface area (Å²) in [6.07, 6.45) is 0. The van der Waals surface area contributed by atoms with Crippen LogP contribution in [0.5, 0.6) is 0 Å². The van der Waals surface area contributed by atoms with Crippen molar-refractivity contribution in [1.29, 1.82) is 5.26 Å². The third-order valence-electron chi connectivity index (χ3n) is 4.27. The SMILES string of the molecule is N#Cc1ccc(COC(=O)c2ccccc2NS(=O)(=O)c2cccc([N+](=O)[O-])c2)c(F)c1. The largest absolute Gasteiger partial charge is 0.457 e. The molecule has 3 aromatic rings. The number of non-ortho nitro benzene ring substituents is 1. The summed E-state index contributed by atoms with van der Waals surface area (Å²) in [4.78, 5) is 22.3. The number of nitrogens with one attached hydrogen (secondary N) is 1. The molecule has 0 aliphatic carbocycles. The predicted molar refractivity (Wildman–Crippen MR) is 111 cm³/mol. The van der Waals surface area contributed by atoms with Gasteiger partial charge in [0.15, 0.2) is 0 Å². The number of anilines is 1. The average molecular weight is 455 g/mol. The van der Waals surface area contributed by atoms with Gasteiger partial charge in [0.05, 0.1) is 32.7 Å². The van der Waals surface area contributed by atoms with Gasteiger partial charge in [-0.3, -0.25) is 14.8 Å². The van der Waals surface area contributed by atoms with Crippen LogP contribution in [0.4, 0.5) is 15.8 Å². The number of nitrogens with zero attached hydrogens (tertiary/aromatic N) is 2. The highest BCUT2D eigenvalue weighted by Gasteiger charge is 2.21.